The van der Waals surface area contributed by atoms with Crippen molar-refractivity contribution < 1.29 is 28.5 Å². The van der Waals surface area contributed by atoms with Crippen LogP contribution in [0.15, 0.2) is 84.4 Å². The molecule has 3 saturated carbocycles. The molecule has 8 atom stereocenters. The van der Waals surface area contributed by atoms with Crippen LogP contribution in [0.4, 0.5) is 0 Å². The standard InChI is InChI=1S/C61H86O6/c1-7-8-9-10-11-12-15-41-64-51-30-25-48(26-31-51)59(63)67-52-32-23-47(24-33-52)46-21-28-50(29-22-46)65-42-16-13-14-20-58(62)66-53-37-39-60(5)49(43-53)27-34-54-56-36-35-55(45(4)19-17-18-44(2)3)61(56,6)40-38-57(54)60/h21-33,44-45,53-57H,7-20,34-43H2,1-6H3/t45-,53+,54+,55-,56+,57+,60+,61-/m1/s1. The van der Waals surface area contributed by atoms with E-state index in [0.717, 1.165) is 103 Å². The number of benzene rings is 3. The van der Waals surface area contributed by atoms with Crippen LogP contribution < -0.4 is 14.2 Å². The molecular formula is C61H86O6. The predicted octanol–water partition coefficient (Wildman–Crippen LogP) is 16.6. The highest BCUT2D eigenvalue weighted by Crippen LogP contribution is 2.67. The van der Waals surface area contributed by atoms with Gasteiger partial charge in [0.1, 0.15) is 23.4 Å². The van der Waals surface area contributed by atoms with Crippen molar-refractivity contribution in [2.45, 2.75) is 189 Å². The number of ether oxygens (including phenoxy) is 4. The van der Waals surface area contributed by atoms with Gasteiger partial charge in [-0.1, -0.05) is 135 Å². The lowest BCUT2D eigenvalue weighted by Crippen LogP contribution is -2.51. The molecule has 0 heterocycles. The van der Waals surface area contributed by atoms with Gasteiger partial charge in [-0.25, -0.2) is 4.79 Å². The van der Waals surface area contributed by atoms with Crippen molar-refractivity contribution >= 4 is 11.9 Å². The first-order valence-electron chi connectivity index (χ1n) is 27.1. The minimum atomic E-state index is -0.393. The van der Waals surface area contributed by atoms with E-state index in [1.807, 2.05) is 60.7 Å². The van der Waals surface area contributed by atoms with Gasteiger partial charge in [-0.05, 0) is 177 Å². The van der Waals surface area contributed by atoms with Crippen molar-refractivity contribution in [3.63, 3.8) is 0 Å². The van der Waals surface area contributed by atoms with Crippen molar-refractivity contribution in [2.24, 2.45) is 46.3 Å². The van der Waals surface area contributed by atoms with Crippen molar-refractivity contribution in [3.8, 4) is 28.4 Å². The molecule has 0 aliphatic heterocycles. The minimum absolute atomic E-state index is 0.0281. The summed E-state index contributed by atoms with van der Waals surface area (Å²) in [5, 5.41) is 0. The maximum absolute atomic E-state index is 13.0. The molecule has 0 spiro atoms. The monoisotopic (exact) mass is 915 g/mol. The second-order valence-corrected chi connectivity index (χ2v) is 22.2. The number of carbonyl (C=O) groups is 2. The van der Waals surface area contributed by atoms with E-state index in [1.165, 1.54) is 89.9 Å². The zero-order valence-corrected chi connectivity index (χ0v) is 42.5. The molecule has 0 radical (unpaired) electrons. The maximum atomic E-state index is 13.0. The number of allylic oxidation sites excluding steroid dienone is 1. The molecule has 3 fully saturated rings. The number of hydrogen-bond acceptors (Lipinski definition) is 6. The summed E-state index contributed by atoms with van der Waals surface area (Å²) in [6.07, 6.45) is 28.6. The van der Waals surface area contributed by atoms with E-state index in [4.69, 9.17) is 18.9 Å². The summed E-state index contributed by atoms with van der Waals surface area (Å²) < 4.78 is 23.7. The SMILES string of the molecule is CCCCCCCCCOc1ccc(C(=O)Oc2ccc(-c3ccc(OCCCCCC(=O)O[C@H]4CC[C@@]5(C)C(=CC[C@H]6[C@@H]7CC[C@H]([C@H](C)CCCC(C)C)[C@@]7(C)CC[C@@H]65)C4)cc3)cc2)cc1. The van der Waals surface area contributed by atoms with Gasteiger partial charge >= 0.3 is 11.9 Å². The summed E-state index contributed by atoms with van der Waals surface area (Å²) in [4.78, 5) is 25.9. The van der Waals surface area contributed by atoms with E-state index in [0.29, 0.717) is 36.4 Å². The molecule has 4 aliphatic rings. The van der Waals surface area contributed by atoms with Crippen molar-refractivity contribution in [2.75, 3.05) is 13.2 Å². The molecule has 366 valence electrons. The van der Waals surface area contributed by atoms with E-state index in [2.05, 4.69) is 47.6 Å². The average molecular weight is 915 g/mol. The zero-order valence-electron chi connectivity index (χ0n) is 42.5. The summed E-state index contributed by atoms with van der Waals surface area (Å²) >= 11 is 0. The van der Waals surface area contributed by atoms with Gasteiger partial charge in [0.15, 0.2) is 0 Å². The van der Waals surface area contributed by atoms with Crippen LogP contribution in [-0.2, 0) is 9.53 Å². The largest absolute Gasteiger partial charge is 0.494 e. The third kappa shape index (κ3) is 13.4. The van der Waals surface area contributed by atoms with Crippen LogP contribution in [0.5, 0.6) is 17.2 Å². The molecule has 67 heavy (non-hydrogen) atoms. The maximum Gasteiger partial charge on any atom is 0.343 e. The number of unbranched alkanes of at least 4 members (excludes halogenated alkanes) is 8. The Morgan fingerprint density at radius 3 is 1.91 bits per heavy atom. The van der Waals surface area contributed by atoms with Gasteiger partial charge in [0, 0.05) is 12.8 Å². The van der Waals surface area contributed by atoms with Crippen LogP contribution in [0, 0.1) is 46.3 Å². The average Bonchev–Trinajstić information content (AvgIpc) is 3.69. The summed E-state index contributed by atoms with van der Waals surface area (Å²) in [6, 6.07) is 22.8. The number of esters is 2. The molecule has 6 nitrogen and oxygen atoms in total. The first-order valence-corrected chi connectivity index (χ1v) is 27.1. The number of hydrogen-bond donors (Lipinski definition) is 0. The number of fused-ring (bicyclic) bond motifs is 5. The van der Waals surface area contributed by atoms with Crippen molar-refractivity contribution in [1.82, 2.24) is 0 Å². The van der Waals surface area contributed by atoms with Gasteiger partial charge in [-0.15, -0.1) is 0 Å². The molecule has 0 saturated heterocycles. The lowest BCUT2D eigenvalue weighted by Gasteiger charge is -2.58. The highest BCUT2D eigenvalue weighted by molar-refractivity contribution is 5.91. The lowest BCUT2D eigenvalue weighted by atomic mass is 9.47. The first kappa shape index (κ1) is 50.8. The van der Waals surface area contributed by atoms with Crippen LogP contribution in [0.1, 0.15) is 193 Å². The van der Waals surface area contributed by atoms with E-state index in [-0.39, 0.29) is 17.5 Å². The zero-order chi connectivity index (χ0) is 47.2. The number of carbonyl (C=O) groups excluding carboxylic acids is 2. The quantitative estimate of drug-likeness (QED) is 0.0365. The van der Waals surface area contributed by atoms with Crippen LogP contribution in [0.25, 0.3) is 11.1 Å². The molecule has 3 aromatic rings. The molecule has 0 N–H and O–H groups in total. The smallest absolute Gasteiger partial charge is 0.343 e. The Labute approximate surface area is 405 Å². The molecular weight excluding hydrogens is 829 g/mol. The Morgan fingerprint density at radius 1 is 0.642 bits per heavy atom. The topological polar surface area (TPSA) is 71.1 Å². The van der Waals surface area contributed by atoms with Crippen molar-refractivity contribution in [1.29, 1.82) is 0 Å². The summed E-state index contributed by atoms with van der Waals surface area (Å²) in [5.41, 5.74) is 4.95. The van der Waals surface area contributed by atoms with E-state index < -0.39 is 5.97 Å². The van der Waals surface area contributed by atoms with Gasteiger partial charge in [-0.2, -0.15) is 0 Å². The minimum Gasteiger partial charge on any atom is -0.494 e. The van der Waals surface area contributed by atoms with E-state index >= 15 is 0 Å². The molecule has 0 amide bonds. The van der Waals surface area contributed by atoms with Crippen LogP contribution in [0.3, 0.4) is 0 Å². The van der Waals surface area contributed by atoms with Gasteiger partial charge < -0.3 is 18.9 Å². The van der Waals surface area contributed by atoms with Crippen LogP contribution in [0.2, 0.25) is 0 Å². The fraction of sp³-hybridized carbons (Fsp3) is 0.639. The highest BCUT2D eigenvalue weighted by Gasteiger charge is 2.59. The Kier molecular flexibility index (Phi) is 18.6. The van der Waals surface area contributed by atoms with E-state index in [1.54, 1.807) is 17.7 Å². The van der Waals surface area contributed by atoms with Gasteiger partial charge in [0.05, 0.1) is 18.8 Å². The highest BCUT2D eigenvalue weighted by atomic mass is 16.5. The second kappa shape index (κ2) is 24.5. The normalized spacial score (nSPS) is 25.9. The fourth-order valence-electron chi connectivity index (χ4n) is 13.3. The molecule has 0 aromatic heterocycles. The fourth-order valence-corrected chi connectivity index (χ4v) is 13.3. The molecule has 0 bridgehead atoms. The molecule has 7 rings (SSSR count). The molecule has 4 aliphatic carbocycles. The Morgan fingerprint density at radius 2 is 1.25 bits per heavy atom. The third-order valence-electron chi connectivity index (χ3n) is 17.2. The Balaban J connectivity index is 0.761. The number of rotatable bonds is 25. The first-order chi connectivity index (χ1) is 32.5. The van der Waals surface area contributed by atoms with E-state index in [9.17, 15) is 9.59 Å². The molecule has 0 unspecified atom stereocenters. The van der Waals surface area contributed by atoms with Crippen LogP contribution in [-0.4, -0.2) is 31.3 Å². The van der Waals surface area contributed by atoms with Crippen molar-refractivity contribution in [3.05, 3.63) is 90.0 Å². The molecule has 3 aromatic carbocycles. The summed E-state index contributed by atoms with van der Waals surface area (Å²) in [7, 11) is 0. The van der Waals surface area contributed by atoms with Crippen LogP contribution >= 0.6 is 0 Å². The van der Waals surface area contributed by atoms with Gasteiger partial charge in [0.25, 0.3) is 0 Å². The lowest BCUT2D eigenvalue weighted by molar-refractivity contribution is -0.151. The Bertz CT molecular complexity index is 2020. The Hall–Kier alpha value is -4.06. The summed E-state index contributed by atoms with van der Waals surface area (Å²) in [5.74, 6) is 6.71. The second-order valence-electron chi connectivity index (χ2n) is 22.2. The van der Waals surface area contributed by atoms with Gasteiger partial charge in [0.2, 0.25) is 0 Å². The third-order valence-corrected chi connectivity index (χ3v) is 17.2. The molecule has 6 heteroatoms. The summed E-state index contributed by atoms with van der Waals surface area (Å²) in [6.45, 7) is 16.1. The predicted molar refractivity (Wildman–Crippen MR) is 274 cm³/mol. The van der Waals surface area contributed by atoms with Gasteiger partial charge in [-0.3, -0.25) is 4.79 Å².